The lowest BCUT2D eigenvalue weighted by Crippen LogP contribution is -2.37. The quantitative estimate of drug-likeness (QED) is 0.630. The predicted molar refractivity (Wildman–Crippen MR) is 103 cm³/mol. The van der Waals surface area contributed by atoms with Gasteiger partial charge in [-0.2, -0.15) is 5.10 Å². The highest BCUT2D eigenvalue weighted by Crippen LogP contribution is 2.40. The molecule has 1 aliphatic heterocycles. The van der Waals surface area contributed by atoms with E-state index in [2.05, 4.69) is 15.0 Å². The lowest BCUT2D eigenvalue weighted by atomic mass is 9.93. The zero-order valence-electron chi connectivity index (χ0n) is 13.6. The summed E-state index contributed by atoms with van der Waals surface area (Å²) in [5, 5.41) is 6.08. The van der Waals surface area contributed by atoms with Gasteiger partial charge in [-0.3, -0.25) is 0 Å². The van der Waals surface area contributed by atoms with Gasteiger partial charge in [0, 0.05) is 26.3 Å². The van der Waals surface area contributed by atoms with Crippen molar-refractivity contribution in [2.45, 2.75) is 12.1 Å². The molecular formula is C18H15Cl3N4O. The molecule has 1 aliphatic rings. The van der Waals surface area contributed by atoms with Crippen molar-refractivity contribution in [1.82, 2.24) is 14.8 Å². The number of hydrogen-bond donors (Lipinski definition) is 0. The van der Waals surface area contributed by atoms with Crippen LogP contribution >= 0.6 is 34.8 Å². The molecule has 3 aromatic rings. The Labute approximate surface area is 166 Å². The molecule has 4 rings (SSSR count). The molecule has 26 heavy (non-hydrogen) atoms. The topological polar surface area (TPSA) is 43.2 Å². The van der Waals surface area contributed by atoms with Crippen LogP contribution in [-0.2, 0) is 16.9 Å². The minimum Gasteiger partial charge on any atom is -0.346 e. The molecule has 0 bridgehead atoms. The number of rotatable bonds is 4. The second kappa shape index (κ2) is 7.08. The molecule has 8 heteroatoms. The summed E-state index contributed by atoms with van der Waals surface area (Å²) < 4.78 is 8.04. The van der Waals surface area contributed by atoms with E-state index in [0.29, 0.717) is 34.9 Å². The lowest BCUT2D eigenvalue weighted by Gasteiger charge is -2.29. The maximum absolute atomic E-state index is 6.51. The van der Waals surface area contributed by atoms with Crippen LogP contribution in [0.15, 0.2) is 55.1 Å². The largest absolute Gasteiger partial charge is 0.346 e. The van der Waals surface area contributed by atoms with Crippen molar-refractivity contribution in [1.29, 1.82) is 0 Å². The first kappa shape index (κ1) is 17.6. The molecule has 0 saturated carbocycles. The predicted octanol–water partition coefficient (Wildman–Crippen LogP) is 4.63. The van der Waals surface area contributed by atoms with Gasteiger partial charge in [0.15, 0.2) is 0 Å². The zero-order valence-corrected chi connectivity index (χ0v) is 15.9. The normalized spacial score (nSPS) is 19.9. The first-order valence-corrected chi connectivity index (χ1v) is 9.12. The number of ether oxygens (including phenoxy) is 1. The van der Waals surface area contributed by atoms with E-state index in [0.717, 1.165) is 11.3 Å². The van der Waals surface area contributed by atoms with Crippen molar-refractivity contribution >= 4 is 40.5 Å². The standard InChI is InChI=1S/C18H15Cl3N4O/c19-13-1-4-15(5-2-13)24-8-18(26-12-24,9-25-11-22-10-23-25)16-6-3-14(20)7-17(16)21/h1-7,10-11H,8-9,12H2. The highest BCUT2D eigenvalue weighted by atomic mass is 35.5. The first-order chi connectivity index (χ1) is 12.6. The summed E-state index contributed by atoms with van der Waals surface area (Å²) in [5.74, 6) is 0. The number of benzene rings is 2. The van der Waals surface area contributed by atoms with Crippen LogP contribution in [0.5, 0.6) is 0 Å². The smallest absolute Gasteiger partial charge is 0.137 e. The molecule has 134 valence electrons. The highest BCUT2D eigenvalue weighted by molar-refractivity contribution is 6.35. The Kier molecular flexibility index (Phi) is 4.80. The highest BCUT2D eigenvalue weighted by Gasteiger charge is 2.43. The Bertz CT molecular complexity index is 901. The van der Waals surface area contributed by atoms with Crippen LogP contribution in [0.3, 0.4) is 0 Å². The van der Waals surface area contributed by atoms with E-state index in [1.807, 2.05) is 36.4 Å². The summed E-state index contributed by atoms with van der Waals surface area (Å²) in [5.41, 5.74) is 1.23. The van der Waals surface area contributed by atoms with Crippen LogP contribution in [0, 0.1) is 0 Å². The van der Waals surface area contributed by atoms with Crippen molar-refractivity contribution in [3.63, 3.8) is 0 Å². The third-order valence-corrected chi connectivity index (χ3v) is 5.24. The number of aromatic nitrogens is 3. The third kappa shape index (κ3) is 3.40. The molecule has 2 aromatic carbocycles. The molecule has 1 unspecified atom stereocenters. The van der Waals surface area contributed by atoms with Gasteiger partial charge in [-0.15, -0.1) is 0 Å². The molecule has 0 amide bonds. The van der Waals surface area contributed by atoms with Gasteiger partial charge < -0.3 is 9.64 Å². The summed E-state index contributed by atoms with van der Waals surface area (Å²) in [4.78, 5) is 6.16. The zero-order chi connectivity index (χ0) is 18.1. The lowest BCUT2D eigenvalue weighted by molar-refractivity contribution is -0.00883. The molecule has 2 heterocycles. The van der Waals surface area contributed by atoms with Gasteiger partial charge in [0.2, 0.25) is 0 Å². The number of hydrogen-bond acceptors (Lipinski definition) is 4. The maximum atomic E-state index is 6.51. The van der Waals surface area contributed by atoms with Crippen LogP contribution in [0.25, 0.3) is 0 Å². The molecule has 0 aliphatic carbocycles. The molecule has 0 radical (unpaired) electrons. The summed E-state index contributed by atoms with van der Waals surface area (Å²) in [6.45, 7) is 1.52. The van der Waals surface area contributed by atoms with E-state index < -0.39 is 5.60 Å². The molecule has 0 spiro atoms. The van der Waals surface area contributed by atoms with Gasteiger partial charge in [-0.25, -0.2) is 9.67 Å². The molecule has 5 nitrogen and oxygen atoms in total. The Morgan fingerprint density at radius 1 is 1.04 bits per heavy atom. The van der Waals surface area contributed by atoms with Crippen LogP contribution < -0.4 is 4.90 Å². The van der Waals surface area contributed by atoms with Crippen molar-refractivity contribution in [2.24, 2.45) is 0 Å². The van der Waals surface area contributed by atoms with Gasteiger partial charge >= 0.3 is 0 Å². The summed E-state index contributed by atoms with van der Waals surface area (Å²) in [7, 11) is 0. The second-order valence-electron chi connectivity index (χ2n) is 6.16. The van der Waals surface area contributed by atoms with Crippen LogP contribution in [-0.4, -0.2) is 28.0 Å². The van der Waals surface area contributed by atoms with E-state index in [1.165, 1.54) is 6.33 Å². The van der Waals surface area contributed by atoms with Crippen LogP contribution in [0.4, 0.5) is 5.69 Å². The Morgan fingerprint density at radius 2 is 1.81 bits per heavy atom. The monoisotopic (exact) mass is 408 g/mol. The fraction of sp³-hybridized carbons (Fsp3) is 0.222. The number of nitrogens with zero attached hydrogens (tertiary/aromatic N) is 4. The fourth-order valence-electron chi connectivity index (χ4n) is 3.20. The molecule has 1 atom stereocenters. The van der Waals surface area contributed by atoms with Gasteiger partial charge in [0.05, 0.1) is 13.1 Å². The van der Waals surface area contributed by atoms with E-state index in [9.17, 15) is 0 Å². The molecule has 1 aromatic heterocycles. The van der Waals surface area contributed by atoms with E-state index in [1.54, 1.807) is 17.1 Å². The van der Waals surface area contributed by atoms with Gasteiger partial charge in [-0.1, -0.05) is 40.9 Å². The van der Waals surface area contributed by atoms with Crippen molar-refractivity contribution in [2.75, 3.05) is 18.2 Å². The molecular weight excluding hydrogens is 395 g/mol. The van der Waals surface area contributed by atoms with Crippen molar-refractivity contribution in [3.8, 4) is 0 Å². The molecule has 0 N–H and O–H groups in total. The average molecular weight is 410 g/mol. The van der Waals surface area contributed by atoms with Gasteiger partial charge in [0.1, 0.15) is 25.0 Å². The molecule has 1 fully saturated rings. The van der Waals surface area contributed by atoms with E-state index >= 15 is 0 Å². The first-order valence-electron chi connectivity index (χ1n) is 7.98. The van der Waals surface area contributed by atoms with Crippen LogP contribution in [0.2, 0.25) is 15.1 Å². The number of halogens is 3. The summed E-state index contributed by atoms with van der Waals surface area (Å²) >= 11 is 18.6. The average Bonchev–Trinajstić information content (AvgIpc) is 3.26. The fourth-order valence-corrected chi connectivity index (χ4v) is 3.90. The number of anilines is 1. The van der Waals surface area contributed by atoms with Crippen molar-refractivity contribution < 1.29 is 4.74 Å². The minimum absolute atomic E-state index is 0.426. The summed E-state index contributed by atoms with van der Waals surface area (Å²) in [6, 6.07) is 13.1. The van der Waals surface area contributed by atoms with E-state index in [4.69, 9.17) is 39.5 Å². The van der Waals surface area contributed by atoms with Gasteiger partial charge in [0.25, 0.3) is 0 Å². The maximum Gasteiger partial charge on any atom is 0.137 e. The van der Waals surface area contributed by atoms with E-state index in [-0.39, 0.29) is 0 Å². The van der Waals surface area contributed by atoms with Gasteiger partial charge in [-0.05, 0) is 36.4 Å². The Balaban J connectivity index is 1.71. The Morgan fingerprint density at radius 3 is 2.50 bits per heavy atom. The van der Waals surface area contributed by atoms with Crippen LogP contribution in [0.1, 0.15) is 5.56 Å². The minimum atomic E-state index is -0.672. The van der Waals surface area contributed by atoms with Crippen molar-refractivity contribution in [3.05, 3.63) is 75.8 Å². The summed E-state index contributed by atoms with van der Waals surface area (Å²) in [6.07, 6.45) is 3.17. The Hall–Kier alpha value is -1.79. The molecule has 1 saturated heterocycles. The third-order valence-electron chi connectivity index (χ3n) is 4.44. The second-order valence-corrected chi connectivity index (χ2v) is 7.44. The SMILES string of the molecule is Clc1ccc(N2COC(Cn3cncn3)(c3ccc(Cl)cc3Cl)C2)cc1.